The zero-order chi connectivity index (χ0) is 18.5. The number of hydrogen-bond donors (Lipinski definition) is 0. The lowest BCUT2D eigenvalue weighted by molar-refractivity contribution is 0.0742. The molecular weight excluding hydrogens is 360 g/mol. The second-order valence-corrected chi connectivity index (χ2v) is 6.48. The van der Waals surface area contributed by atoms with E-state index in [0.717, 1.165) is 0 Å². The molecular formula is C17H15F2N5OS. The van der Waals surface area contributed by atoms with Crippen molar-refractivity contribution < 1.29 is 13.6 Å². The molecule has 6 nitrogen and oxygen atoms in total. The Balaban J connectivity index is 1.71. The maximum atomic E-state index is 12.7. The molecule has 1 saturated heterocycles. The summed E-state index contributed by atoms with van der Waals surface area (Å²) in [5.74, 6) is -2.36. The number of amides is 1. The molecule has 0 spiro atoms. The highest BCUT2D eigenvalue weighted by atomic mass is 32.2. The van der Waals surface area contributed by atoms with Gasteiger partial charge in [0.2, 0.25) is 0 Å². The molecule has 2 aromatic rings. The van der Waals surface area contributed by atoms with Crippen LogP contribution in [-0.4, -0.2) is 52.7 Å². The van der Waals surface area contributed by atoms with Crippen LogP contribution in [0.3, 0.4) is 0 Å². The fourth-order valence-electron chi connectivity index (χ4n) is 2.76. The number of pyridine rings is 2. The first kappa shape index (κ1) is 18.1. The lowest BCUT2D eigenvalue weighted by Gasteiger charge is -2.35. The molecule has 2 aromatic heterocycles. The number of nitrogens with zero attached hydrogens (tertiary/aromatic N) is 5. The quantitative estimate of drug-likeness (QED) is 0.765. The normalized spacial score (nSPS) is 14.4. The van der Waals surface area contributed by atoms with Gasteiger partial charge in [-0.3, -0.25) is 4.79 Å². The van der Waals surface area contributed by atoms with Gasteiger partial charge in [-0.1, -0.05) is 0 Å². The van der Waals surface area contributed by atoms with Crippen molar-refractivity contribution in [2.24, 2.45) is 0 Å². The summed E-state index contributed by atoms with van der Waals surface area (Å²) in [7, 11) is 0. The van der Waals surface area contributed by atoms with Crippen LogP contribution in [0.4, 0.5) is 14.6 Å². The minimum absolute atomic E-state index is 0.0337. The predicted molar refractivity (Wildman–Crippen MR) is 93.2 cm³/mol. The van der Waals surface area contributed by atoms with Gasteiger partial charge >= 0.3 is 0 Å². The van der Waals surface area contributed by atoms with Gasteiger partial charge in [0.1, 0.15) is 16.9 Å². The maximum absolute atomic E-state index is 12.7. The fraction of sp³-hybridized carbons (Fsp3) is 0.294. The highest BCUT2D eigenvalue weighted by Gasteiger charge is 2.26. The Morgan fingerprint density at radius 2 is 1.85 bits per heavy atom. The summed E-state index contributed by atoms with van der Waals surface area (Å²) in [4.78, 5) is 24.4. The molecule has 0 bridgehead atoms. The number of thioether (sulfide) groups is 1. The molecule has 0 aromatic carbocycles. The van der Waals surface area contributed by atoms with Gasteiger partial charge in [-0.15, -0.1) is 0 Å². The van der Waals surface area contributed by atoms with Gasteiger partial charge in [0.15, 0.2) is 0 Å². The van der Waals surface area contributed by atoms with E-state index >= 15 is 0 Å². The molecule has 3 heterocycles. The van der Waals surface area contributed by atoms with Gasteiger partial charge in [0.25, 0.3) is 11.7 Å². The van der Waals surface area contributed by atoms with Gasteiger partial charge in [0.05, 0.1) is 11.1 Å². The predicted octanol–water partition coefficient (Wildman–Crippen LogP) is 2.63. The first-order valence-corrected chi connectivity index (χ1v) is 8.77. The van der Waals surface area contributed by atoms with Crippen molar-refractivity contribution in [3.8, 4) is 6.07 Å². The molecule has 0 unspecified atom stereocenters. The Morgan fingerprint density at radius 3 is 2.54 bits per heavy atom. The number of carbonyl (C=O) groups excluding carboxylic acids is 1. The van der Waals surface area contributed by atoms with E-state index in [4.69, 9.17) is 0 Å². The van der Waals surface area contributed by atoms with E-state index in [0.29, 0.717) is 37.6 Å². The topological polar surface area (TPSA) is 73.1 Å². The van der Waals surface area contributed by atoms with Crippen LogP contribution in [0.25, 0.3) is 0 Å². The fourth-order valence-corrected chi connectivity index (χ4v) is 3.33. The molecule has 0 aliphatic carbocycles. The Kier molecular flexibility index (Phi) is 5.63. The summed E-state index contributed by atoms with van der Waals surface area (Å²) in [5, 5.41) is 9.22. The van der Waals surface area contributed by atoms with E-state index in [1.165, 1.54) is 12.3 Å². The molecule has 0 saturated carbocycles. The summed E-state index contributed by atoms with van der Waals surface area (Å²) in [6.07, 6.45) is 3.01. The minimum atomic E-state index is -2.64. The smallest absolute Gasteiger partial charge is 0.290 e. The third-order valence-electron chi connectivity index (χ3n) is 3.98. The van der Waals surface area contributed by atoms with Gasteiger partial charge in [-0.05, 0) is 36.0 Å². The number of piperazine rings is 1. The molecule has 0 radical (unpaired) electrons. The van der Waals surface area contributed by atoms with Gasteiger partial charge in [-0.25, -0.2) is 9.97 Å². The van der Waals surface area contributed by atoms with E-state index in [-0.39, 0.29) is 28.3 Å². The molecule has 1 aliphatic rings. The maximum Gasteiger partial charge on any atom is 0.290 e. The molecule has 9 heteroatoms. The molecule has 26 heavy (non-hydrogen) atoms. The zero-order valence-electron chi connectivity index (χ0n) is 13.7. The van der Waals surface area contributed by atoms with Crippen molar-refractivity contribution >= 4 is 23.5 Å². The Labute approximate surface area is 153 Å². The standard InChI is InChI=1S/C17H15F2N5OS/c18-17(19)26-15-13(4-2-6-22-15)16(25)24-9-7-23(8-10-24)14-12(11-20)3-1-5-21-14/h1-6,17H,7-10H2. The number of alkyl halides is 2. The number of carbonyl (C=O) groups is 1. The van der Waals surface area contributed by atoms with Crippen LogP contribution in [0.15, 0.2) is 41.7 Å². The van der Waals surface area contributed by atoms with Crippen LogP contribution >= 0.6 is 11.8 Å². The van der Waals surface area contributed by atoms with Crippen LogP contribution in [0.1, 0.15) is 15.9 Å². The number of anilines is 1. The number of halogens is 2. The number of aromatic nitrogens is 2. The van der Waals surface area contributed by atoms with E-state index in [2.05, 4.69) is 16.0 Å². The van der Waals surface area contributed by atoms with Crippen molar-refractivity contribution in [3.05, 3.63) is 47.8 Å². The van der Waals surface area contributed by atoms with Gasteiger partial charge in [-0.2, -0.15) is 14.0 Å². The Hall–Kier alpha value is -2.73. The molecule has 0 N–H and O–H groups in total. The summed E-state index contributed by atoms with van der Waals surface area (Å²) >= 11 is 0.271. The minimum Gasteiger partial charge on any atom is -0.352 e. The van der Waals surface area contributed by atoms with Gasteiger partial charge < -0.3 is 9.80 Å². The van der Waals surface area contributed by atoms with Crippen molar-refractivity contribution in [2.45, 2.75) is 10.8 Å². The SMILES string of the molecule is N#Cc1cccnc1N1CCN(C(=O)c2cccnc2SC(F)F)CC1. The largest absolute Gasteiger partial charge is 0.352 e. The second-order valence-electron chi connectivity index (χ2n) is 5.50. The molecule has 134 valence electrons. The summed E-state index contributed by atoms with van der Waals surface area (Å²) in [6, 6.07) is 8.58. The van der Waals surface area contributed by atoms with Crippen LogP contribution in [0.2, 0.25) is 0 Å². The van der Waals surface area contributed by atoms with Crippen molar-refractivity contribution in [2.75, 3.05) is 31.1 Å². The van der Waals surface area contributed by atoms with Crippen molar-refractivity contribution in [1.82, 2.24) is 14.9 Å². The zero-order valence-corrected chi connectivity index (χ0v) is 14.5. The van der Waals surface area contributed by atoms with Gasteiger partial charge in [0, 0.05) is 38.6 Å². The van der Waals surface area contributed by atoms with E-state index in [1.54, 1.807) is 29.3 Å². The average molecular weight is 375 g/mol. The summed E-state index contributed by atoms with van der Waals surface area (Å²) < 4.78 is 25.3. The van der Waals surface area contributed by atoms with Crippen LogP contribution in [0.5, 0.6) is 0 Å². The van der Waals surface area contributed by atoms with Crippen LogP contribution in [-0.2, 0) is 0 Å². The third kappa shape index (κ3) is 3.91. The summed E-state index contributed by atoms with van der Waals surface area (Å²) in [6.45, 7) is 1.84. The van der Waals surface area contributed by atoms with Crippen molar-refractivity contribution in [3.63, 3.8) is 0 Å². The van der Waals surface area contributed by atoms with Crippen molar-refractivity contribution in [1.29, 1.82) is 5.26 Å². The Morgan fingerprint density at radius 1 is 1.15 bits per heavy atom. The third-order valence-corrected chi connectivity index (χ3v) is 4.70. The van der Waals surface area contributed by atoms with E-state index in [1.807, 2.05) is 4.90 Å². The summed E-state index contributed by atoms with van der Waals surface area (Å²) in [5.41, 5.74) is 0.664. The molecule has 1 aliphatic heterocycles. The van der Waals surface area contributed by atoms with Crippen LogP contribution < -0.4 is 4.90 Å². The number of hydrogen-bond acceptors (Lipinski definition) is 6. The highest BCUT2D eigenvalue weighted by molar-refractivity contribution is 7.99. The lowest BCUT2D eigenvalue weighted by Crippen LogP contribution is -2.49. The monoisotopic (exact) mass is 375 g/mol. The first-order chi connectivity index (χ1) is 12.6. The van der Waals surface area contributed by atoms with E-state index in [9.17, 15) is 18.8 Å². The lowest BCUT2D eigenvalue weighted by atomic mass is 10.2. The second kappa shape index (κ2) is 8.10. The Bertz CT molecular complexity index is 834. The molecule has 1 amide bonds. The number of nitriles is 1. The molecule has 0 atom stereocenters. The van der Waals surface area contributed by atoms with Crippen LogP contribution in [0, 0.1) is 11.3 Å². The van der Waals surface area contributed by atoms with E-state index < -0.39 is 5.76 Å². The number of rotatable bonds is 4. The molecule has 1 fully saturated rings. The first-order valence-electron chi connectivity index (χ1n) is 7.89. The molecule has 3 rings (SSSR count). The average Bonchev–Trinajstić information content (AvgIpc) is 2.67. The highest BCUT2D eigenvalue weighted by Crippen LogP contribution is 2.27.